The predicted octanol–water partition coefficient (Wildman–Crippen LogP) is 33.7. The molecule has 0 saturated heterocycles. The average molecular weight is 1770 g/mol. The standard InChI is InChI=1S/C42H60.C42H48.C9H18.C9H14.4CH3.4ClH.H2O.2Zr/c2*1-40(2,3)32-22-24-35-36-25-23-33(41(4,5)6)28-38(36)39(37(35)27-32)42(7,31-17-11-12-18-31)26-14-8-9-15-29-20-21-30-16-10-13-19-34(29)30;2*1-2-3-6-9-7-4-5-8-9;;;;;;;;;;;/h8-10,13,16,19,22-25,27-31,34-39H,11-12,14-15,17-18,20-21,26H2,1-7H3;8-11,13,16-20,22-25,27-28,39H,12,14-15,21,26H2,1-7H3;9H,2-8H2,1H3;4,7-8H,2-3,5-6H2,1H3;4*1H3;4*1H;1H2;;/q;;;;4*-1;;;;;;2*+4/p-4/b2*9-8+;;;;;;;;;;;;;. The van der Waals surface area contributed by atoms with Gasteiger partial charge in [0.15, 0.2) is 0 Å². The van der Waals surface area contributed by atoms with Crippen molar-refractivity contribution in [2.75, 3.05) is 0 Å². The van der Waals surface area contributed by atoms with Gasteiger partial charge in [-0.25, -0.2) is 0 Å². The summed E-state index contributed by atoms with van der Waals surface area (Å²) >= 11 is -1.65. The van der Waals surface area contributed by atoms with E-state index in [1.165, 1.54) is 190 Å². The molecule has 4 fully saturated rings. The molecular weight excluding hydrogens is 1610 g/mol. The number of benzene rings is 3. The summed E-state index contributed by atoms with van der Waals surface area (Å²) in [7, 11) is 19.7. The van der Waals surface area contributed by atoms with Gasteiger partial charge in [0, 0.05) is 11.3 Å². The van der Waals surface area contributed by atoms with Crippen molar-refractivity contribution in [3.05, 3.63) is 274 Å². The Kier molecular flexibility index (Phi) is 43.5. The first-order valence-electron chi connectivity index (χ1n) is 42.8. The second kappa shape index (κ2) is 48.0. The van der Waals surface area contributed by atoms with E-state index in [0.717, 1.165) is 61.7 Å². The van der Waals surface area contributed by atoms with Gasteiger partial charge in [0.05, 0.1) is 0 Å². The first-order chi connectivity index (χ1) is 51.6. The summed E-state index contributed by atoms with van der Waals surface area (Å²) in [6.07, 6.45) is 85.1. The molecule has 0 heterocycles. The van der Waals surface area contributed by atoms with Crippen LogP contribution in [0.5, 0.6) is 0 Å². The fourth-order valence-corrected chi connectivity index (χ4v) is 20.7. The molecule has 0 aromatic heterocycles. The summed E-state index contributed by atoms with van der Waals surface area (Å²) < 4.78 is 0. The van der Waals surface area contributed by atoms with Gasteiger partial charge in [0.25, 0.3) is 0 Å². The number of hydrogen-bond donors (Lipinski definition) is 0. The molecular formula is C106H154Cl4OZr2. The van der Waals surface area contributed by atoms with E-state index >= 15 is 0 Å². The van der Waals surface area contributed by atoms with Crippen molar-refractivity contribution in [3.63, 3.8) is 0 Å². The molecule has 0 aliphatic heterocycles. The number of rotatable bonds is 20. The molecule has 4 saturated carbocycles. The fourth-order valence-electron chi connectivity index (χ4n) is 20.7. The molecule has 0 radical (unpaired) electrons. The Labute approximate surface area is 733 Å². The molecule has 9 atom stereocenters. The van der Waals surface area contributed by atoms with Gasteiger partial charge < -0.3 is 35.2 Å². The van der Waals surface area contributed by atoms with E-state index in [9.17, 15) is 0 Å². The third kappa shape index (κ3) is 27.1. The van der Waals surface area contributed by atoms with Crippen LogP contribution in [0.1, 0.15) is 304 Å². The average Bonchev–Trinajstić information content (AvgIpc) is 1.57. The van der Waals surface area contributed by atoms with Gasteiger partial charge >= 0.3 is 75.7 Å². The number of hydrogen-bond acceptors (Lipinski definition) is 0. The molecule has 7 heteroatoms. The maximum absolute atomic E-state index is 4.93. The van der Waals surface area contributed by atoms with Crippen molar-refractivity contribution in [1.82, 2.24) is 0 Å². The van der Waals surface area contributed by atoms with Gasteiger partial charge in [-0.15, -0.1) is 0 Å². The van der Waals surface area contributed by atoms with E-state index in [-0.39, 0.29) is 62.3 Å². The van der Waals surface area contributed by atoms with Crippen molar-refractivity contribution in [3.8, 4) is 11.1 Å². The first kappa shape index (κ1) is 103. The molecule has 3 aromatic rings. The van der Waals surface area contributed by atoms with Crippen LogP contribution in [0.15, 0.2) is 211 Å². The van der Waals surface area contributed by atoms with Crippen molar-refractivity contribution < 1.29 is 47.2 Å². The quantitative estimate of drug-likeness (QED) is 0.0798. The predicted molar refractivity (Wildman–Crippen MR) is 500 cm³/mol. The Morgan fingerprint density at radius 3 is 1.55 bits per heavy atom. The zero-order valence-corrected chi connectivity index (χ0v) is 82.4. The Bertz CT molecular complexity index is 3700. The van der Waals surface area contributed by atoms with Crippen LogP contribution in [0.3, 0.4) is 0 Å². The van der Waals surface area contributed by atoms with E-state index in [1.54, 1.807) is 11.1 Å². The van der Waals surface area contributed by atoms with Crippen LogP contribution in [0, 0.1) is 111 Å². The number of fused-ring (bicyclic) bond motifs is 8. The summed E-state index contributed by atoms with van der Waals surface area (Å²) in [5.41, 5.74) is 20.3. The minimum atomic E-state index is -0.826. The van der Waals surface area contributed by atoms with Crippen LogP contribution >= 0.6 is 34.1 Å². The Hall–Kier alpha value is -2.83. The Morgan fingerprint density at radius 1 is 0.487 bits per heavy atom. The maximum atomic E-state index is 4.93. The summed E-state index contributed by atoms with van der Waals surface area (Å²) in [6, 6.07) is 23.5. The number of allylic oxidation sites excluding steroid dienone is 26. The van der Waals surface area contributed by atoms with Gasteiger partial charge in [-0.05, 0) is 249 Å². The second-order valence-corrected chi connectivity index (χ2v) is 45.9. The van der Waals surface area contributed by atoms with E-state index in [2.05, 4.69) is 299 Å². The first-order valence-corrected chi connectivity index (χ1v) is 55.5. The molecule has 0 spiro atoms. The van der Waals surface area contributed by atoms with Crippen LogP contribution in [-0.4, -0.2) is 5.48 Å². The fraction of sp³-hybridized carbons (Fsp3) is 0.547. The van der Waals surface area contributed by atoms with Crippen molar-refractivity contribution in [1.29, 1.82) is 0 Å². The van der Waals surface area contributed by atoms with E-state index < -0.39 is 41.7 Å². The molecule has 9 unspecified atom stereocenters. The molecule has 14 rings (SSSR count). The molecule has 113 heavy (non-hydrogen) atoms. The molecule has 2 N–H and O–H groups in total. The van der Waals surface area contributed by atoms with Crippen LogP contribution in [-0.2, 0) is 58.9 Å². The zero-order chi connectivity index (χ0) is 77.9. The van der Waals surface area contributed by atoms with Crippen LogP contribution in [0.4, 0.5) is 0 Å². The molecule has 3 aromatic carbocycles. The molecule has 11 aliphatic carbocycles. The Balaban J connectivity index is 0.000000356. The SMILES string of the molecule is CC(C)(C)C1=CC2C(C=C1)C1C=CC(C(C)(C)C)=CC1C2C(C)(CC/C=C/CC1CCC2C=CC=CC21)C1CCCC1.CC(C)(C)c1ccc2c(c1)C(C(C)(CC/C=C/CC1=CCc3ccccc31)C1=CCC=C1)c1cc(C(C)(C)C)ccc1-2.CCCCC1=CCC=C1.CCCCC1CCCC1.O.[CH3-].[CH3-].[CH3-].[CH3-].[Cl][Zr+2][Cl].[Cl][Zr+2][Cl]. The molecule has 620 valence electrons. The topological polar surface area (TPSA) is 31.5 Å². The van der Waals surface area contributed by atoms with Gasteiger partial charge in [-0.2, -0.15) is 0 Å². The normalized spacial score (nSPS) is 23.7. The van der Waals surface area contributed by atoms with Gasteiger partial charge in [0.1, 0.15) is 0 Å². The van der Waals surface area contributed by atoms with Gasteiger partial charge in [-0.1, -0.05) is 369 Å². The molecule has 0 bridgehead atoms. The molecule has 1 nitrogen and oxygen atoms in total. The van der Waals surface area contributed by atoms with E-state index in [0.29, 0.717) is 40.9 Å². The Morgan fingerprint density at radius 2 is 1.02 bits per heavy atom. The van der Waals surface area contributed by atoms with Gasteiger partial charge in [-0.3, -0.25) is 0 Å². The molecule has 11 aliphatic rings. The second-order valence-electron chi connectivity index (χ2n) is 38.4. The zero-order valence-electron chi connectivity index (χ0n) is 74.4. The minimum absolute atomic E-state index is 0. The third-order valence-electron chi connectivity index (χ3n) is 27.0. The van der Waals surface area contributed by atoms with Crippen molar-refractivity contribution in [2.24, 2.45) is 80.8 Å². The number of halogens is 4. The summed E-state index contributed by atoms with van der Waals surface area (Å²) in [4.78, 5) is 0. The van der Waals surface area contributed by atoms with Crippen molar-refractivity contribution >= 4 is 39.6 Å². The van der Waals surface area contributed by atoms with E-state index in [1.807, 2.05) is 0 Å². The summed E-state index contributed by atoms with van der Waals surface area (Å²) in [5, 5.41) is 0. The van der Waals surface area contributed by atoms with E-state index in [4.69, 9.17) is 34.1 Å². The van der Waals surface area contributed by atoms with Crippen LogP contribution < -0.4 is 0 Å². The summed E-state index contributed by atoms with van der Waals surface area (Å²) in [6.45, 7) is 38.3. The number of unbranched alkanes of at least 4 members (excludes halogenated alkanes) is 2. The van der Waals surface area contributed by atoms with Crippen LogP contribution in [0.2, 0.25) is 0 Å². The third-order valence-corrected chi connectivity index (χ3v) is 27.0. The van der Waals surface area contributed by atoms with Crippen molar-refractivity contribution in [2.45, 2.75) is 288 Å². The molecule has 0 amide bonds. The summed E-state index contributed by atoms with van der Waals surface area (Å²) in [5.74, 6) is 8.03. The van der Waals surface area contributed by atoms with Crippen LogP contribution in [0.25, 0.3) is 16.7 Å². The monoisotopic (exact) mass is 1760 g/mol. The van der Waals surface area contributed by atoms with Gasteiger partial charge in [0.2, 0.25) is 0 Å².